The van der Waals surface area contributed by atoms with Crippen molar-refractivity contribution < 1.29 is 23.9 Å². The van der Waals surface area contributed by atoms with E-state index >= 15 is 0 Å². The lowest BCUT2D eigenvalue weighted by molar-refractivity contribution is 0.0415. The summed E-state index contributed by atoms with van der Waals surface area (Å²) in [4.78, 5) is 46.5. The molecule has 1 saturated heterocycles. The Morgan fingerprint density at radius 3 is 2.54 bits per heavy atom. The molecule has 2 aromatic carbocycles. The molecule has 200 valence electrons. The molecule has 0 unspecified atom stereocenters. The molecule has 0 saturated carbocycles. The van der Waals surface area contributed by atoms with Crippen LogP contribution in [0.4, 0.5) is 10.3 Å². The molecule has 4 aromatic rings. The van der Waals surface area contributed by atoms with Crippen LogP contribution < -0.4 is 15.9 Å². The van der Waals surface area contributed by atoms with Gasteiger partial charge in [-0.2, -0.15) is 5.10 Å². The first-order valence-electron chi connectivity index (χ1n) is 12.4. The number of carbonyl (C=O) groups excluding carboxylic acids is 2. The van der Waals surface area contributed by atoms with E-state index in [1.807, 2.05) is 11.0 Å². The Morgan fingerprint density at radius 1 is 1.10 bits per heavy atom. The van der Waals surface area contributed by atoms with E-state index in [2.05, 4.69) is 20.2 Å². The van der Waals surface area contributed by atoms with Gasteiger partial charge in [-0.1, -0.05) is 24.3 Å². The Labute approximate surface area is 221 Å². The molecule has 1 amide bonds. The first-order valence-corrected chi connectivity index (χ1v) is 12.4. The van der Waals surface area contributed by atoms with Crippen LogP contribution in [0, 0.1) is 11.7 Å². The molecule has 5 rings (SSSR count). The van der Waals surface area contributed by atoms with E-state index in [0.29, 0.717) is 60.3 Å². The fraction of sp³-hybridized carbons (Fsp3) is 0.259. The number of anilines is 1. The van der Waals surface area contributed by atoms with Crippen molar-refractivity contribution in [2.75, 3.05) is 24.6 Å². The summed E-state index contributed by atoms with van der Waals surface area (Å²) in [5, 5.41) is 16.5. The van der Waals surface area contributed by atoms with E-state index in [4.69, 9.17) is 9.94 Å². The maximum atomic E-state index is 14.5. The van der Waals surface area contributed by atoms with Crippen LogP contribution in [-0.2, 0) is 11.2 Å². The average molecular weight is 533 g/mol. The summed E-state index contributed by atoms with van der Waals surface area (Å²) in [6.45, 7) is 1.40. The number of aromatic amines is 1. The molecular formula is C27H25FN6O5. The molecule has 1 aliphatic heterocycles. The third-order valence-corrected chi connectivity index (χ3v) is 6.75. The first kappa shape index (κ1) is 25.9. The van der Waals surface area contributed by atoms with Crippen molar-refractivity contribution in [1.29, 1.82) is 0 Å². The van der Waals surface area contributed by atoms with E-state index in [-0.39, 0.29) is 29.2 Å². The smallest absolute Gasteiger partial charge is 0.341 e. The zero-order chi connectivity index (χ0) is 27.4. The number of esters is 1. The second kappa shape index (κ2) is 11.4. The van der Waals surface area contributed by atoms with Crippen molar-refractivity contribution in [3.63, 3.8) is 0 Å². The molecule has 1 fully saturated rings. The van der Waals surface area contributed by atoms with Gasteiger partial charge in [-0.3, -0.25) is 14.8 Å². The number of hydrogen-bond donors (Lipinski definition) is 3. The summed E-state index contributed by atoms with van der Waals surface area (Å²) in [5.74, 6) is -1.55. The Kier molecular flexibility index (Phi) is 7.55. The summed E-state index contributed by atoms with van der Waals surface area (Å²) >= 11 is 0. The molecule has 0 spiro atoms. The highest BCUT2D eigenvalue weighted by atomic mass is 19.1. The molecule has 0 radical (unpaired) electrons. The van der Waals surface area contributed by atoms with E-state index in [1.54, 1.807) is 24.3 Å². The van der Waals surface area contributed by atoms with Crippen molar-refractivity contribution in [2.45, 2.75) is 19.3 Å². The number of H-pyrrole nitrogens is 1. The molecule has 0 atom stereocenters. The minimum atomic E-state index is -0.739. The van der Waals surface area contributed by atoms with E-state index < -0.39 is 17.7 Å². The Balaban J connectivity index is 1.18. The number of nitrogens with one attached hydrogen (secondary N) is 2. The van der Waals surface area contributed by atoms with Crippen LogP contribution >= 0.6 is 0 Å². The zero-order valence-electron chi connectivity index (χ0n) is 20.8. The Hall–Kier alpha value is -4.71. The molecule has 2 aromatic heterocycles. The predicted octanol–water partition coefficient (Wildman–Crippen LogP) is 2.64. The summed E-state index contributed by atoms with van der Waals surface area (Å²) in [5.41, 5.74) is 2.50. The van der Waals surface area contributed by atoms with Crippen LogP contribution in [-0.4, -0.2) is 56.9 Å². The maximum absolute atomic E-state index is 14.5. The number of halogens is 1. The van der Waals surface area contributed by atoms with E-state index in [1.165, 1.54) is 30.0 Å². The van der Waals surface area contributed by atoms with Crippen LogP contribution in [0.25, 0.3) is 10.8 Å². The highest BCUT2D eigenvalue weighted by Gasteiger charge is 2.24. The number of hydroxylamine groups is 1. The number of piperidine rings is 1. The van der Waals surface area contributed by atoms with Gasteiger partial charge in [-0.15, -0.1) is 0 Å². The minimum Gasteiger partial charge on any atom is -0.462 e. The lowest BCUT2D eigenvalue weighted by Crippen LogP contribution is -2.36. The number of rotatable bonds is 7. The summed E-state index contributed by atoms with van der Waals surface area (Å²) in [7, 11) is 0. The standard InChI is InChI=1S/C27H25FN6O5/c28-22-6-5-17(12-23-19-3-1-2-4-20(19)25(36)32-31-23)11-21(22)26(37)39-15-16-7-9-34(10-8-16)27-29-13-18(14-30-27)24(35)33-38/h1-6,11,13-14,16,38H,7-10,12,15H2,(H,32,36)(H,33,35). The van der Waals surface area contributed by atoms with E-state index in [9.17, 15) is 18.8 Å². The van der Waals surface area contributed by atoms with Gasteiger partial charge in [-0.05, 0) is 42.5 Å². The SMILES string of the molecule is O=C(NO)c1cnc(N2CCC(COC(=O)c3cc(Cc4n[nH]c(=O)c5ccccc45)ccc3F)CC2)nc1. The molecule has 12 heteroatoms. The minimum absolute atomic E-state index is 0.0904. The second-order valence-electron chi connectivity index (χ2n) is 9.28. The fourth-order valence-electron chi connectivity index (χ4n) is 4.58. The molecule has 11 nitrogen and oxygen atoms in total. The van der Waals surface area contributed by atoms with Crippen LogP contribution in [0.2, 0.25) is 0 Å². The van der Waals surface area contributed by atoms with Crippen molar-refractivity contribution in [3.8, 4) is 0 Å². The maximum Gasteiger partial charge on any atom is 0.341 e. The summed E-state index contributed by atoms with van der Waals surface area (Å²) < 4.78 is 20.0. The molecule has 1 aliphatic rings. The fourth-order valence-corrected chi connectivity index (χ4v) is 4.58. The van der Waals surface area contributed by atoms with Crippen LogP contribution in [0.5, 0.6) is 0 Å². The van der Waals surface area contributed by atoms with Gasteiger partial charge >= 0.3 is 5.97 Å². The van der Waals surface area contributed by atoms with E-state index in [0.717, 1.165) is 0 Å². The number of aromatic nitrogens is 4. The van der Waals surface area contributed by atoms with Gasteiger partial charge in [0.15, 0.2) is 0 Å². The average Bonchev–Trinajstić information content (AvgIpc) is 2.98. The first-order chi connectivity index (χ1) is 18.9. The van der Waals surface area contributed by atoms with Crippen molar-refractivity contribution in [2.24, 2.45) is 5.92 Å². The number of amides is 1. The molecule has 3 heterocycles. The van der Waals surface area contributed by atoms with Crippen LogP contribution in [0.1, 0.15) is 44.8 Å². The van der Waals surface area contributed by atoms with Gasteiger partial charge in [0.2, 0.25) is 5.95 Å². The number of carbonyl (C=O) groups is 2. The second-order valence-corrected chi connectivity index (χ2v) is 9.28. The number of fused-ring (bicyclic) bond motifs is 1. The van der Waals surface area contributed by atoms with Gasteiger partial charge in [0.1, 0.15) is 5.82 Å². The van der Waals surface area contributed by atoms with Gasteiger partial charge < -0.3 is 9.64 Å². The molecule has 0 bridgehead atoms. The van der Waals surface area contributed by atoms with Gasteiger partial charge in [-0.25, -0.2) is 29.7 Å². The number of benzene rings is 2. The third kappa shape index (κ3) is 5.75. The van der Waals surface area contributed by atoms with Crippen molar-refractivity contribution in [1.82, 2.24) is 25.6 Å². The topological polar surface area (TPSA) is 150 Å². The van der Waals surface area contributed by atoms with Crippen LogP contribution in [0.15, 0.2) is 59.7 Å². The quantitative estimate of drug-likeness (QED) is 0.185. The monoisotopic (exact) mass is 532 g/mol. The number of nitrogens with zero attached hydrogens (tertiary/aromatic N) is 4. The van der Waals surface area contributed by atoms with Gasteiger partial charge in [0.05, 0.1) is 28.8 Å². The molecular weight excluding hydrogens is 507 g/mol. The lowest BCUT2D eigenvalue weighted by atomic mass is 9.98. The molecule has 0 aliphatic carbocycles. The molecule has 3 N–H and O–H groups in total. The van der Waals surface area contributed by atoms with Gasteiger partial charge in [0, 0.05) is 37.3 Å². The summed E-state index contributed by atoms with van der Waals surface area (Å²) in [6.07, 6.45) is 4.39. The molecule has 39 heavy (non-hydrogen) atoms. The lowest BCUT2D eigenvalue weighted by Gasteiger charge is -2.31. The zero-order valence-corrected chi connectivity index (χ0v) is 20.8. The number of ether oxygens (including phenoxy) is 1. The van der Waals surface area contributed by atoms with Gasteiger partial charge in [0.25, 0.3) is 11.5 Å². The normalized spacial score (nSPS) is 13.8. The summed E-state index contributed by atoms with van der Waals surface area (Å²) in [6, 6.07) is 11.4. The highest BCUT2D eigenvalue weighted by molar-refractivity contribution is 5.92. The Bertz CT molecular complexity index is 1570. The van der Waals surface area contributed by atoms with Crippen molar-refractivity contribution >= 4 is 28.6 Å². The Morgan fingerprint density at radius 2 is 1.82 bits per heavy atom. The third-order valence-electron chi connectivity index (χ3n) is 6.75. The van der Waals surface area contributed by atoms with Crippen molar-refractivity contribution in [3.05, 3.63) is 93.4 Å². The number of hydrogen-bond acceptors (Lipinski definition) is 9. The largest absolute Gasteiger partial charge is 0.462 e. The highest BCUT2D eigenvalue weighted by Crippen LogP contribution is 2.23. The predicted molar refractivity (Wildman–Crippen MR) is 138 cm³/mol. The van der Waals surface area contributed by atoms with Crippen LogP contribution in [0.3, 0.4) is 0 Å².